The van der Waals surface area contributed by atoms with E-state index >= 15 is 0 Å². The fourth-order valence-electron chi connectivity index (χ4n) is 1.91. The van der Waals surface area contributed by atoms with E-state index in [-0.39, 0.29) is 0 Å². The van der Waals surface area contributed by atoms with Gasteiger partial charge in [-0.1, -0.05) is 41.1 Å². The molecular weight excluding hydrogens is 303 g/mol. The predicted molar refractivity (Wildman–Crippen MR) is 68.4 cm³/mol. The lowest BCUT2D eigenvalue weighted by molar-refractivity contribution is -0.00905. The van der Waals surface area contributed by atoms with Crippen LogP contribution in [0.1, 0.15) is 23.7 Å². The molecule has 1 aromatic rings. The van der Waals surface area contributed by atoms with Gasteiger partial charge in [-0.15, -0.1) is 0 Å². The summed E-state index contributed by atoms with van der Waals surface area (Å²) in [5.41, 5.74) is 0.414. The molecule has 1 aliphatic heterocycles. The topological polar surface area (TPSA) is 35.5 Å². The van der Waals surface area contributed by atoms with Crippen LogP contribution >= 0.6 is 15.9 Å². The third-order valence-corrected chi connectivity index (χ3v) is 3.61. The Balaban J connectivity index is 2.06. The normalized spacial score (nSPS) is 31.3. The van der Waals surface area contributed by atoms with Crippen molar-refractivity contribution in [1.82, 2.24) is 0 Å². The fraction of sp³-hybridized carbons (Fsp3) is 0.462. The summed E-state index contributed by atoms with van der Waals surface area (Å²) in [6.45, 7) is 1.87. The molecule has 0 aliphatic carbocycles. The van der Waals surface area contributed by atoms with Crippen LogP contribution in [0.15, 0.2) is 30.3 Å². The number of carbonyl (C=O) groups is 1. The summed E-state index contributed by atoms with van der Waals surface area (Å²) in [6, 6.07) is 8.55. The molecule has 2 rings (SSSR count). The first kappa shape index (κ1) is 13.5. The number of rotatable bonds is 3. The largest absolute Gasteiger partial charge is 0.453 e. The third kappa shape index (κ3) is 2.72. The molecule has 0 saturated carbocycles. The molecule has 0 spiro atoms. The Bertz CT molecular complexity index is 412. The molecule has 3 nitrogen and oxygen atoms in total. The van der Waals surface area contributed by atoms with Gasteiger partial charge in [0.05, 0.1) is 11.7 Å². The van der Waals surface area contributed by atoms with Crippen LogP contribution in [0.2, 0.25) is 0 Å². The molecule has 1 aliphatic rings. The summed E-state index contributed by atoms with van der Waals surface area (Å²) in [5.74, 6) is -0.521. The zero-order valence-electron chi connectivity index (χ0n) is 9.88. The van der Waals surface area contributed by atoms with Gasteiger partial charge in [0.2, 0.25) is 0 Å². The maximum absolute atomic E-state index is 13.8. The van der Waals surface area contributed by atoms with Crippen LogP contribution in [0.5, 0.6) is 0 Å². The second-order valence-electron chi connectivity index (χ2n) is 4.11. The van der Waals surface area contributed by atoms with E-state index < -0.39 is 29.4 Å². The molecule has 1 aromatic carbocycles. The average Bonchev–Trinajstić information content (AvgIpc) is 2.67. The minimum atomic E-state index is -1.34. The summed E-state index contributed by atoms with van der Waals surface area (Å²) in [4.78, 5) is 11.9. The lowest BCUT2D eigenvalue weighted by Gasteiger charge is -2.18. The van der Waals surface area contributed by atoms with Gasteiger partial charge >= 0.3 is 5.97 Å². The van der Waals surface area contributed by atoms with E-state index in [0.717, 1.165) is 0 Å². The van der Waals surface area contributed by atoms with Gasteiger partial charge in [-0.2, -0.15) is 0 Å². The highest BCUT2D eigenvalue weighted by Crippen LogP contribution is 2.32. The Hall–Kier alpha value is -0.940. The quantitative estimate of drug-likeness (QED) is 0.635. The summed E-state index contributed by atoms with van der Waals surface area (Å²) in [7, 11) is 0. The van der Waals surface area contributed by atoms with E-state index in [4.69, 9.17) is 9.47 Å². The fourth-order valence-corrected chi connectivity index (χ4v) is 2.49. The van der Waals surface area contributed by atoms with Gasteiger partial charge < -0.3 is 9.47 Å². The summed E-state index contributed by atoms with van der Waals surface area (Å²) < 4.78 is 24.4. The van der Waals surface area contributed by atoms with Crippen molar-refractivity contribution in [3.05, 3.63) is 35.9 Å². The van der Waals surface area contributed by atoms with Crippen LogP contribution in [0, 0.1) is 0 Å². The van der Waals surface area contributed by atoms with Crippen molar-refractivity contribution in [2.45, 2.75) is 36.7 Å². The number of hydrogen-bond acceptors (Lipinski definition) is 3. The molecule has 1 heterocycles. The molecule has 1 saturated heterocycles. The first-order chi connectivity index (χ1) is 8.63. The maximum Gasteiger partial charge on any atom is 0.338 e. The van der Waals surface area contributed by atoms with Gasteiger partial charge in [-0.05, 0) is 18.6 Å². The number of esters is 1. The number of alkyl halides is 2. The van der Waals surface area contributed by atoms with E-state index in [2.05, 4.69) is 15.9 Å². The highest BCUT2D eigenvalue weighted by molar-refractivity contribution is 9.09. The lowest BCUT2D eigenvalue weighted by Crippen LogP contribution is -2.33. The summed E-state index contributed by atoms with van der Waals surface area (Å²) in [5, 5.41) is -0.712. The third-order valence-electron chi connectivity index (χ3n) is 2.89. The number of carbonyl (C=O) groups excluding carboxylic acids is 1. The molecule has 0 N–H and O–H groups in total. The molecule has 0 aromatic heterocycles. The van der Waals surface area contributed by atoms with Gasteiger partial charge in [0, 0.05) is 0 Å². The van der Waals surface area contributed by atoms with E-state index in [1.165, 1.54) is 0 Å². The smallest absolute Gasteiger partial charge is 0.338 e. The van der Waals surface area contributed by atoms with Gasteiger partial charge in [-0.3, -0.25) is 0 Å². The minimum absolute atomic E-state index is 0.406. The number of hydrogen-bond donors (Lipinski definition) is 0. The second kappa shape index (κ2) is 5.80. The van der Waals surface area contributed by atoms with E-state index in [1.807, 2.05) is 6.92 Å². The van der Waals surface area contributed by atoms with Crippen molar-refractivity contribution in [3.8, 4) is 0 Å². The van der Waals surface area contributed by atoms with E-state index in [1.54, 1.807) is 30.3 Å². The van der Waals surface area contributed by atoms with Crippen LogP contribution in [-0.2, 0) is 9.47 Å². The van der Waals surface area contributed by atoms with Crippen LogP contribution in [0.25, 0.3) is 0 Å². The minimum Gasteiger partial charge on any atom is -0.453 e. The van der Waals surface area contributed by atoms with Gasteiger partial charge in [0.25, 0.3) is 0 Å². The standard InChI is InChI=1S/C13H14BrFO3/c1-2-9-11(10(15)12(14)17-9)18-13(16)8-6-4-3-5-7-8/h3-7,9-12H,2H2,1H3/t9-,10?,11+,12-/m1/s1. The first-order valence-electron chi connectivity index (χ1n) is 5.83. The van der Waals surface area contributed by atoms with Crippen molar-refractivity contribution in [2.24, 2.45) is 0 Å². The highest BCUT2D eigenvalue weighted by Gasteiger charge is 2.45. The number of ether oxygens (including phenoxy) is 2. The summed E-state index contributed by atoms with van der Waals surface area (Å²) in [6.07, 6.45) is -2.01. The monoisotopic (exact) mass is 316 g/mol. The van der Waals surface area contributed by atoms with Crippen LogP contribution < -0.4 is 0 Å². The highest BCUT2D eigenvalue weighted by atomic mass is 79.9. The molecule has 18 heavy (non-hydrogen) atoms. The zero-order chi connectivity index (χ0) is 13.1. The molecule has 98 valence electrons. The Labute approximate surface area is 113 Å². The zero-order valence-corrected chi connectivity index (χ0v) is 11.5. The first-order valence-corrected chi connectivity index (χ1v) is 6.74. The van der Waals surface area contributed by atoms with Gasteiger partial charge in [0.1, 0.15) is 5.01 Å². The molecule has 0 bridgehead atoms. The SMILES string of the molecule is CC[C@H]1O[C@@H](Br)C(F)[C@H]1OC(=O)c1ccccc1. The van der Waals surface area contributed by atoms with Gasteiger partial charge in [-0.25, -0.2) is 9.18 Å². The van der Waals surface area contributed by atoms with Crippen molar-refractivity contribution in [2.75, 3.05) is 0 Å². The van der Waals surface area contributed by atoms with Crippen LogP contribution in [0.3, 0.4) is 0 Å². The molecular formula is C13H14BrFO3. The van der Waals surface area contributed by atoms with Crippen LogP contribution in [0.4, 0.5) is 4.39 Å². The van der Waals surface area contributed by atoms with Crippen molar-refractivity contribution < 1.29 is 18.7 Å². The Morgan fingerprint density at radius 2 is 2.11 bits per heavy atom. The molecule has 1 fully saturated rings. The molecule has 5 heteroatoms. The molecule has 4 atom stereocenters. The Kier molecular flexibility index (Phi) is 4.35. The molecule has 0 amide bonds. The Morgan fingerprint density at radius 1 is 1.44 bits per heavy atom. The lowest BCUT2D eigenvalue weighted by atomic mass is 10.1. The number of benzene rings is 1. The van der Waals surface area contributed by atoms with Crippen molar-refractivity contribution in [1.29, 1.82) is 0 Å². The number of halogens is 2. The summed E-state index contributed by atoms with van der Waals surface area (Å²) >= 11 is 3.08. The van der Waals surface area contributed by atoms with Crippen molar-refractivity contribution in [3.63, 3.8) is 0 Å². The second-order valence-corrected chi connectivity index (χ2v) is 5.02. The molecule has 1 unspecified atom stereocenters. The van der Waals surface area contributed by atoms with Crippen LogP contribution in [-0.4, -0.2) is 29.4 Å². The maximum atomic E-state index is 13.8. The Morgan fingerprint density at radius 3 is 2.72 bits per heavy atom. The van der Waals surface area contributed by atoms with E-state index in [0.29, 0.717) is 12.0 Å². The van der Waals surface area contributed by atoms with Crippen molar-refractivity contribution >= 4 is 21.9 Å². The molecule has 0 radical (unpaired) electrons. The predicted octanol–water partition coefficient (Wildman–Crippen LogP) is 3.08. The van der Waals surface area contributed by atoms with E-state index in [9.17, 15) is 9.18 Å². The van der Waals surface area contributed by atoms with Gasteiger partial charge in [0.15, 0.2) is 12.3 Å². The average molecular weight is 317 g/mol.